The molecule has 0 spiro atoms. The second-order valence-corrected chi connectivity index (χ2v) is 12.3. The van der Waals surface area contributed by atoms with Gasteiger partial charge in [0.05, 0.1) is 21.9 Å². The Morgan fingerprint density at radius 1 is 1.18 bits per heavy atom. The van der Waals surface area contributed by atoms with Gasteiger partial charge in [-0.05, 0) is 76.6 Å². The van der Waals surface area contributed by atoms with Gasteiger partial charge in [-0.2, -0.15) is 0 Å². The molecule has 1 aromatic carbocycles. The molecule has 1 unspecified atom stereocenters. The third kappa shape index (κ3) is 7.14. The third-order valence-corrected chi connectivity index (χ3v) is 8.55. The van der Waals surface area contributed by atoms with Gasteiger partial charge in [-0.1, -0.05) is 25.5 Å². The quantitative estimate of drug-likeness (QED) is 0.224. The first kappa shape index (κ1) is 31.8. The molecule has 40 heavy (non-hydrogen) atoms. The molecule has 1 aromatic heterocycles. The number of rotatable bonds is 14. The maximum atomic E-state index is 14.4. The molecule has 1 aliphatic carbocycles. The number of aromatic nitrogens is 1. The van der Waals surface area contributed by atoms with Crippen LogP contribution in [-0.2, 0) is 22.6 Å². The molecule has 0 radical (unpaired) electrons. The van der Waals surface area contributed by atoms with Gasteiger partial charge >= 0.3 is 0 Å². The lowest BCUT2D eigenvalue weighted by atomic mass is 9.57. The van der Waals surface area contributed by atoms with Crippen molar-refractivity contribution in [3.63, 3.8) is 0 Å². The number of hydrogen-bond donors (Lipinski definition) is 3. The van der Waals surface area contributed by atoms with Crippen LogP contribution in [0, 0.1) is 29.4 Å². The molecule has 2 amide bonds. The molecule has 10 heteroatoms. The topological polar surface area (TPSA) is 109 Å². The lowest BCUT2D eigenvalue weighted by Crippen LogP contribution is -2.62. The zero-order valence-corrected chi connectivity index (χ0v) is 24.8. The molecule has 1 aliphatic rings. The van der Waals surface area contributed by atoms with Crippen LogP contribution in [0.4, 0.5) is 8.78 Å². The summed E-state index contributed by atoms with van der Waals surface area (Å²) in [5.41, 5.74) is 3.84. The number of carbonyl (C=O) groups is 2. The molecule has 3 atom stereocenters. The molecule has 0 aliphatic heterocycles. The molecule has 0 saturated carbocycles. The van der Waals surface area contributed by atoms with Crippen LogP contribution in [0.3, 0.4) is 0 Å². The summed E-state index contributed by atoms with van der Waals surface area (Å²) in [4.78, 5) is 34.7. The summed E-state index contributed by atoms with van der Waals surface area (Å²) < 4.78 is 28.2. The van der Waals surface area contributed by atoms with E-state index in [-0.39, 0.29) is 24.3 Å². The number of nitrogens with two attached hydrogens (primary N) is 1. The average Bonchev–Trinajstić information content (AvgIpc) is 3.29. The maximum absolute atomic E-state index is 14.4. The van der Waals surface area contributed by atoms with E-state index in [0.717, 1.165) is 46.5 Å². The molecule has 3 rings (SSSR count). The highest BCUT2D eigenvalue weighted by molar-refractivity contribution is 7.11. The van der Waals surface area contributed by atoms with E-state index in [0.29, 0.717) is 39.0 Å². The number of hydrogen-bond acceptors (Lipinski definition) is 6. The highest BCUT2D eigenvalue weighted by Gasteiger charge is 2.59. The lowest BCUT2D eigenvalue weighted by Gasteiger charge is -2.50. The molecular weight excluding hydrogens is 534 g/mol. The number of halogens is 2. The summed E-state index contributed by atoms with van der Waals surface area (Å²) in [5.74, 6) is -2.63. The summed E-state index contributed by atoms with van der Waals surface area (Å²) in [5, 5.41) is 16.5. The molecule has 1 heterocycles. The Morgan fingerprint density at radius 3 is 2.38 bits per heavy atom. The first-order valence-electron chi connectivity index (χ1n) is 14.0. The summed E-state index contributed by atoms with van der Waals surface area (Å²) in [6.45, 7) is 10.0. The number of aryl methyl sites for hydroxylation is 1. The molecule has 220 valence electrons. The van der Waals surface area contributed by atoms with Crippen LogP contribution in [0.15, 0.2) is 36.0 Å². The van der Waals surface area contributed by atoms with Crippen LogP contribution < -0.4 is 11.1 Å². The lowest BCUT2D eigenvalue weighted by molar-refractivity contribution is -0.162. The minimum absolute atomic E-state index is 0.183. The molecule has 0 fully saturated rings. The Bertz CT molecular complexity index is 1190. The number of benzene rings is 1. The monoisotopic (exact) mass is 576 g/mol. The van der Waals surface area contributed by atoms with Crippen molar-refractivity contribution in [1.82, 2.24) is 15.2 Å². The largest absolute Gasteiger partial charge is 0.391 e. The number of amides is 2. The van der Waals surface area contributed by atoms with Crippen molar-refractivity contribution in [2.24, 2.45) is 16.6 Å². The van der Waals surface area contributed by atoms with Gasteiger partial charge in [0, 0.05) is 36.8 Å². The standard InChI is InChI=1S/C30H42F2N4O3S/c1-5-10-36(11-6-2)28(39)29(8-7-9-34-18-25-19-35-21(4)40-25)15-20(3)16-30(26(29)37,27(33)38)17-22-12-23(31)14-24(32)13-22/h12-14,16,19,26,34,37H,5-11,15,17-18H2,1-4H3,(H2,33,38)/t26-,29?,30-/m1/s1. The van der Waals surface area contributed by atoms with E-state index in [1.54, 1.807) is 22.3 Å². The smallest absolute Gasteiger partial charge is 0.231 e. The van der Waals surface area contributed by atoms with Crippen molar-refractivity contribution in [3.8, 4) is 0 Å². The second kappa shape index (κ2) is 13.8. The Balaban J connectivity index is 1.98. The number of primary amides is 1. The molecule has 0 saturated heterocycles. The summed E-state index contributed by atoms with van der Waals surface area (Å²) in [7, 11) is 0. The fraction of sp³-hybridized carbons (Fsp3) is 0.567. The van der Waals surface area contributed by atoms with Crippen molar-refractivity contribution >= 4 is 23.2 Å². The summed E-state index contributed by atoms with van der Waals surface area (Å²) >= 11 is 1.61. The Kier molecular flexibility index (Phi) is 11.0. The van der Waals surface area contributed by atoms with Gasteiger partial charge < -0.3 is 21.1 Å². The van der Waals surface area contributed by atoms with Gasteiger partial charge in [-0.15, -0.1) is 11.3 Å². The van der Waals surface area contributed by atoms with Crippen LogP contribution >= 0.6 is 11.3 Å². The minimum atomic E-state index is -1.71. The van der Waals surface area contributed by atoms with E-state index in [1.165, 1.54) is 0 Å². The van der Waals surface area contributed by atoms with E-state index in [1.807, 2.05) is 33.9 Å². The van der Waals surface area contributed by atoms with Crippen LogP contribution in [0.1, 0.15) is 68.3 Å². The highest BCUT2D eigenvalue weighted by atomic mass is 32.1. The van der Waals surface area contributed by atoms with Crippen molar-refractivity contribution in [2.45, 2.75) is 78.9 Å². The second-order valence-electron chi connectivity index (χ2n) is 11.0. The van der Waals surface area contributed by atoms with E-state index in [4.69, 9.17) is 5.73 Å². The molecule has 0 bridgehead atoms. The van der Waals surface area contributed by atoms with E-state index in [2.05, 4.69) is 10.3 Å². The van der Waals surface area contributed by atoms with Crippen molar-refractivity contribution in [2.75, 3.05) is 19.6 Å². The number of carbonyl (C=O) groups excluding carboxylic acids is 2. The van der Waals surface area contributed by atoms with Gasteiger partial charge in [0.1, 0.15) is 11.6 Å². The first-order valence-corrected chi connectivity index (χ1v) is 14.8. The van der Waals surface area contributed by atoms with E-state index < -0.39 is 34.5 Å². The van der Waals surface area contributed by atoms with Crippen LogP contribution in [0.5, 0.6) is 0 Å². The van der Waals surface area contributed by atoms with E-state index >= 15 is 0 Å². The number of nitrogens with zero attached hydrogens (tertiary/aromatic N) is 2. The molecule has 4 N–H and O–H groups in total. The predicted octanol–water partition coefficient (Wildman–Crippen LogP) is 4.66. The predicted molar refractivity (Wildman–Crippen MR) is 153 cm³/mol. The zero-order valence-electron chi connectivity index (χ0n) is 23.9. The number of aliphatic hydroxyl groups excluding tert-OH is 1. The summed E-state index contributed by atoms with van der Waals surface area (Å²) in [6.07, 6.45) is 4.33. The van der Waals surface area contributed by atoms with Crippen molar-refractivity contribution < 1.29 is 23.5 Å². The Morgan fingerprint density at radius 2 is 1.82 bits per heavy atom. The zero-order chi connectivity index (χ0) is 29.5. The minimum Gasteiger partial charge on any atom is -0.391 e. The molecule has 2 aromatic rings. The fourth-order valence-electron chi connectivity index (χ4n) is 6.07. The molecular formula is C30H42F2N4O3S. The van der Waals surface area contributed by atoms with Gasteiger partial charge in [-0.3, -0.25) is 9.59 Å². The number of nitrogens with one attached hydrogen (secondary N) is 1. The SMILES string of the molecule is CCCN(CCC)C(=O)C1(CCCNCc2cnc(C)s2)CC(C)=C[C@](Cc2cc(F)cc(F)c2)(C(N)=O)[C@@H]1O. The third-order valence-electron chi connectivity index (χ3n) is 7.63. The summed E-state index contributed by atoms with van der Waals surface area (Å²) in [6, 6.07) is 3.02. The van der Waals surface area contributed by atoms with Gasteiger partial charge in [0.2, 0.25) is 11.8 Å². The maximum Gasteiger partial charge on any atom is 0.231 e. The first-order chi connectivity index (χ1) is 19.0. The number of thiazole rings is 1. The van der Waals surface area contributed by atoms with Gasteiger partial charge in [-0.25, -0.2) is 13.8 Å². The van der Waals surface area contributed by atoms with Gasteiger partial charge in [0.15, 0.2) is 0 Å². The number of allylic oxidation sites excluding steroid dienone is 1. The fourth-order valence-corrected chi connectivity index (χ4v) is 6.83. The number of aliphatic hydroxyl groups is 1. The Labute approximate surface area is 239 Å². The Hall–Kier alpha value is -2.69. The van der Waals surface area contributed by atoms with Crippen molar-refractivity contribution in [3.05, 3.63) is 63.1 Å². The van der Waals surface area contributed by atoms with Crippen LogP contribution in [0.25, 0.3) is 0 Å². The van der Waals surface area contributed by atoms with Crippen LogP contribution in [0.2, 0.25) is 0 Å². The average molecular weight is 577 g/mol. The van der Waals surface area contributed by atoms with E-state index in [9.17, 15) is 23.5 Å². The van der Waals surface area contributed by atoms with Crippen molar-refractivity contribution in [1.29, 1.82) is 0 Å². The van der Waals surface area contributed by atoms with Gasteiger partial charge in [0.25, 0.3) is 0 Å². The van der Waals surface area contributed by atoms with Crippen LogP contribution in [-0.4, -0.2) is 52.5 Å². The highest BCUT2D eigenvalue weighted by Crippen LogP contribution is 2.51. The molecule has 7 nitrogen and oxygen atoms in total. The normalized spacial score (nSPS) is 22.7.